The van der Waals surface area contributed by atoms with Gasteiger partial charge in [-0.1, -0.05) is 23.7 Å². The summed E-state index contributed by atoms with van der Waals surface area (Å²) in [6.45, 7) is 6.39. The van der Waals surface area contributed by atoms with Crippen LogP contribution in [0.2, 0.25) is 5.02 Å². The fraction of sp³-hybridized carbons (Fsp3) is 0.462. The van der Waals surface area contributed by atoms with Crippen molar-refractivity contribution in [1.82, 2.24) is 29.5 Å². The van der Waals surface area contributed by atoms with E-state index >= 15 is 0 Å². The molecule has 0 spiro atoms. The number of nitrogens with one attached hydrogen (secondary N) is 1. The Morgan fingerprint density at radius 3 is 2.64 bits per heavy atom. The third kappa shape index (κ3) is 5.23. The summed E-state index contributed by atoms with van der Waals surface area (Å²) in [6, 6.07) is 11.7. The van der Waals surface area contributed by atoms with E-state index in [1.54, 1.807) is 36.5 Å². The minimum absolute atomic E-state index is 0.0206. The SMILES string of the molecule is CC(C)NC(=O)Cc1nn(-c2ccc(CCN3C4CCC3COC4)cn2)c(=O)n1-c1cccc(Cl)c1. The molecule has 190 valence electrons. The van der Waals surface area contributed by atoms with Crippen LogP contribution in [-0.4, -0.2) is 68.0 Å². The molecule has 36 heavy (non-hydrogen) atoms. The second-order valence-corrected chi connectivity index (χ2v) is 10.2. The number of halogens is 1. The lowest BCUT2D eigenvalue weighted by Crippen LogP contribution is -2.46. The van der Waals surface area contributed by atoms with Gasteiger partial charge in [-0.25, -0.2) is 14.3 Å². The van der Waals surface area contributed by atoms with Gasteiger partial charge in [0.2, 0.25) is 5.91 Å². The maximum absolute atomic E-state index is 13.4. The lowest BCUT2D eigenvalue weighted by molar-refractivity contribution is -0.121. The van der Waals surface area contributed by atoms with Gasteiger partial charge in [-0.2, -0.15) is 4.68 Å². The number of hydrogen-bond donors (Lipinski definition) is 1. The van der Waals surface area contributed by atoms with Crippen molar-refractivity contribution in [3.63, 3.8) is 0 Å². The number of hydrogen-bond acceptors (Lipinski definition) is 6. The number of benzene rings is 1. The van der Waals surface area contributed by atoms with E-state index in [1.165, 1.54) is 22.1 Å². The van der Waals surface area contributed by atoms with Gasteiger partial charge in [-0.15, -0.1) is 5.10 Å². The summed E-state index contributed by atoms with van der Waals surface area (Å²) in [5, 5.41) is 7.83. The van der Waals surface area contributed by atoms with Crippen molar-refractivity contribution in [3.8, 4) is 11.5 Å². The number of pyridine rings is 1. The third-order valence-electron chi connectivity index (χ3n) is 6.76. The molecular weight excluding hydrogens is 480 g/mol. The molecule has 10 heteroatoms. The van der Waals surface area contributed by atoms with Gasteiger partial charge in [-0.05, 0) is 62.9 Å². The van der Waals surface area contributed by atoms with Gasteiger partial charge >= 0.3 is 5.69 Å². The van der Waals surface area contributed by atoms with Crippen molar-refractivity contribution in [2.45, 2.75) is 57.7 Å². The number of carbonyl (C=O) groups is 1. The van der Waals surface area contributed by atoms with E-state index in [0.29, 0.717) is 34.4 Å². The molecule has 2 fully saturated rings. The number of fused-ring (bicyclic) bond motifs is 2. The molecule has 2 saturated heterocycles. The molecule has 2 aliphatic heterocycles. The fourth-order valence-electron chi connectivity index (χ4n) is 5.09. The number of ether oxygens (including phenoxy) is 1. The van der Waals surface area contributed by atoms with Crippen LogP contribution in [0.15, 0.2) is 47.4 Å². The zero-order valence-electron chi connectivity index (χ0n) is 20.6. The minimum Gasteiger partial charge on any atom is -0.378 e. The Morgan fingerprint density at radius 2 is 1.97 bits per heavy atom. The van der Waals surface area contributed by atoms with Crippen LogP contribution in [-0.2, 0) is 22.4 Å². The van der Waals surface area contributed by atoms with Crippen LogP contribution in [0.4, 0.5) is 0 Å². The molecule has 1 amide bonds. The van der Waals surface area contributed by atoms with Crippen molar-refractivity contribution in [1.29, 1.82) is 0 Å². The highest BCUT2D eigenvalue weighted by Gasteiger charge is 2.36. The quantitative estimate of drug-likeness (QED) is 0.500. The van der Waals surface area contributed by atoms with Crippen LogP contribution in [0.5, 0.6) is 0 Å². The number of carbonyl (C=O) groups excluding carboxylic acids is 1. The molecule has 2 atom stereocenters. The van der Waals surface area contributed by atoms with E-state index in [9.17, 15) is 9.59 Å². The Hall–Kier alpha value is -3.01. The fourth-order valence-corrected chi connectivity index (χ4v) is 5.27. The predicted molar refractivity (Wildman–Crippen MR) is 137 cm³/mol. The third-order valence-corrected chi connectivity index (χ3v) is 6.99. The topological polar surface area (TPSA) is 94.3 Å². The van der Waals surface area contributed by atoms with Crippen molar-refractivity contribution < 1.29 is 9.53 Å². The van der Waals surface area contributed by atoms with Crippen molar-refractivity contribution in [2.24, 2.45) is 0 Å². The van der Waals surface area contributed by atoms with Gasteiger partial charge in [0.15, 0.2) is 5.82 Å². The maximum atomic E-state index is 13.4. The molecule has 0 radical (unpaired) electrons. The van der Waals surface area contributed by atoms with Crippen LogP contribution < -0.4 is 11.0 Å². The molecular formula is C26H31ClN6O3. The van der Waals surface area contributed by atoms with Crippen molar-refractivity contribution >= 4 is 17.5 Å². The first kappa shape index (κ1) is 24.7. The van der Waals surface area contributed by atoms with Gasteiger partial charge in [-0.3, -0.25) is 9.69 Å². The molecule has 0 saturated carbocycles. The minimum atomic E-state index is -0.408. The van der Waals surface area contributed by atoms with E-state index < -0.39 is 5.69 Å². The van der Waals surface area contributed by atoms with Crippen molar-refractivity contribution in [2.75, 3.05) is 19.8 Å². The van der Waals surface area contributed by atoms with E-state index in [2.05, 4.69) is 20.3 Å². The number of rotatable bonds is 8. The molecule has 2 aliphatic rings. The van der Waals surface area contributed by atoms with Crippen LogP contribution >= 0.6 is 11.6 Å². The average molecular weight is 511 g/mol. The highest BCUT2D eigenvalue weighted by molar-refractivity contribution is 6.30. The lowest BCUT2D eigenvalue weighted by Gasteiger charge is -2.34. The van der Waals surface area contributed by atoms with Crippen molar-refractivity contribution in [3.05, 3.63) is 69.5 Å². The van der Waals surface area contributed by atoms with E-state index in [-0.39, 0.29) is 18.4 Å². The summed E-state index contributed by atoms with van der Waals surface area (Å²) in [6.07, 6.45) is 5.04. The molecule has 2 bridgehead atoms. The summed E-state index contributed by atoms with van der Waals surface area (Å²) in [5.41, 5.74) is 1.24. The largest absolute Gasteiger partial charge is 0.378 e. The van der Waals surface area contributed by atoms with Gasteiger partial charge in [0.1, 0.15) is 5.82 Å². The second-order valence-electron chi connectivity index (χ2n) is 9.76. The molecule has 1 aromatic carbocycles. The van der Waals surface area contributed by atoms with Gasteiger partial charge < -0.3 is 10.1 Å². The van der Waals surface area contributed by atoms with E-state index in [4.69, 9.17) is 16.3 Å². The Morgan fingerprint density at radius 1 is 1.19 bits per heavy atom. The summed E-state index contributed by atoms with van der Waals surface area (Å²) >= 11 is 6.18. The van der Waals surface area contributed by atoms with Crippen LogP contribution in [0.25, 0.3) is 11.5 Å². The average Bonchev–Trinajstić information content (AvgIpc) is 3.27. The zero-order valence-corrected chi connectivity index (χ0v) is 21.3. The van der Waals surface area contributed by atoms with Crippen LogP contribution in [0.3, 0.4) is 0 Å². The second kappa shape index (κ2) is 10.5. The Kier molecular flexibility index (Phi) is 7.22. The molecule has 9 nitrogen and oxygen atoms in total. The number of amides is 1. The normalized spacial score (nSPS) is 19.7. The molecule has 4 heterocycles. The summed E-state index contributed by atoms with van der Waals surface area (Å²) in [5.74, 6) is 0.501. The highest BCUT2D eigenvalue weighted by atomic mass is 35.5. The highest BCUT2D eigenvalue weighted by Crippen LogP contribution is 2.28. The van der Waals surface area contributed by atoms with Gasteiger partial charge in [0.25, 0.3) is 0 Å². The number of aromatic nitrogens is 4. The molecule has 2 unspecified atom stereocenters. The monoisotopic (exact) mass is 510 g/mol. The zero-order chi connectivity index (χ0) is 25.2. The summed E-state index contributed by atoms with van der Waals surface area (Å²) in [4.78, 5) is 33.0. The summed E-state index contributed by atoms with van der Waals surface area (Å²) in [7, 11) is 0. The summed E-state index contributed by atoms with van der Waals surface area (Å²) < 4.78 is 8.33. The number of nitrogens with zero attached hydrogens (tertiary/aromatic N) is 5. The maximum Gasteiger partial charge on any atom is 0.356 e. The Balaban J connectivity index is 1.39. The van der Waals surface area contributed by atoms with Crippen LogP contribution in [0, 0.1) is 0 Å². The molecule has 0 aliphatic carbocycles. The van der Waals surface area contributed by atoms with Gasteiger partial charge in [0.05, 0.1) is 25.3 Å². The Labute approximate surface area is 215 Å². The first-order valence-electron chi connectivity index (χ1n) is 12.4. The predicted octanol–water partition coefficient (Wildman–Crippen LogP) is 2.54. The first-order chi connectivity index (χ1) is 17.4. The van der Waals surface area contributed by atoms with E-state index in [1.807, 2.05) is 19.9 Å². The van der Waals surface area contributed by atoms with Crippen LogP contribution in [0.1, 0.15) is 38.1 Å². The van der Waals surface area contributed by atoms with E-state index in [0.717, 1.165) is 31.7 Å². The smallest absolute Gasteiger partial charge is 0.356 e. The molecule has 3 aromatic rings. The van der Waals surface area contributed by atoms with Gasteiger partial charge in [0, 0.05) is 35.9 Å². The lowest BCUT2D eigenvalue weighted by atomic mass is 10.1. The molecule has 1 N–H and O–H groups in total. The number of morpholine rings is 1. The molecule has 5 rings (SSSR count). The Bertz CT molecular complexity index is 1270. The first-order valence-corrected chi connectivity index (χ1v) is 12.8. The standard InChI is InChI=1S/C26H31ClN6O3/c1-17(2)29-25(34)13-24-30-33(26(35)32(24)20-5-3-4-19(27)12-20)23-9-6-18(14-28-23)10-11-31-21-7-8-22(31)16-36-15-21/h3-6,9,12,14,17,21-22H,7-8,10-11,13,15-16H2,1-2H3,(H,29,34). The molecule has 2 aromatic heterocycles.